The molecule has 12 heteroatoms. The maximum atomic E-state index is 11.6. The Hall–Kier alpha value is -4.74. The van der Waals surface area contributed by atoms with Gasteiger partial charge in [0.25, 0.3) is 0 Å². The van der Waals surface area contributed by atoms with E-state index in [0.717, 1.165) is 103 Å². The van der Waals surface area contributed by atoms with Crippen molar-refractivity contribution in [2.75, 3.05) is 0 Å². The third-order valence-corrected chi connectivity index (χ3v) is 17.4. The van der Waals surface area contributed by atoms with Gasteiger partial charge in [0.15, 0.2) is 0 Å². The summed E-state index contributed by atoms with van der Waals surface area (Å²) in [6.45, 7) is 50.6. The van der Waals surface area contributed by atoms with Crippen molar-refractivity contribution >= 4 is 35.8 Å². The first-order chi connectivity index (χ1) is 37.5. The molecule has 0 radical (unpaired) electrons. The molecule has 0 amide bonds. The van der Waals surface area contributed by atoms with E-state index in [9.17, 15) is 28.8 Å². The Labute approximate surface area is 492 Å². The molecule has 0 atom stereocenters. The SMILES string of the molecule is C=C(C)C(=O)OC1(C(C)(C)C)CCCC1.C=C(C)C(=O)OC1(C(C)C)CCCC1.C=C(C)C(=O)OC1(C)CCCC1.C=C(C)C(=O)OC1(C)CCCCC1.C=C(C)C(=O)OC1(CC)CCCC1.C=C(C)C(=O)OC1(CC)CCCCC1. The quantitative estimate of drug-likeness (QED) is 0.0869. The minimum atomic E-state index is -0.275. The van der Waals surface area contributed by atoms with Crippen molar-refractivity contribution in [1.29, 1.82) is 0 Å². The molecule has 0 bridgehead atoms. The second-order valence-corrected chi connectivity index (χ2v) is 26.4. The predicted octanol–water partition coefficient (Wildman–Crippen LogP) is 17.9. The van der Waals surface area contributed by atoms with Gasteiger partial charge in [-0.25, -0.2) is 28.8 Å². The van der Waals surface area contributed by atoms with Crippen molar-refractivity contribution in [3.05, 3.63) is 72.9 Å². The number of hydrogen-bond acceptors (Lipinski definition) is 12. The average molecular weight is 1140 g/mol. The smallest absolute Gasteiger partial charge is 0.333 e. The molecule has 81 heavy (non-hydrogen) atoms. The summed E-state index contributed by atoms with van der Waals surface area (Å²) < 4.78 is 33.0. The largest absolute Gasteiger partial charge is 0.456 e. The first-order valence-corrected chi connectivity index (χ1v) is 30.9. The number of carbonyl (C=O) groups excluding carboxylic acids is 6. The molecule has 6 rings (SSSR count). The topological polar surface area (TPSA) is 158 Å². The summed E-state index contributed by atoms with van der Waals surface area (Å²) in [7, 11) is 0. The molecule has 0 saturated heterocycles. The zero-order chi connectivity index (χ0) is 62.0. The Morgan fingerprint density at radius 2 is 0.593 bits per heavy atom. The van der Waals surface area contributed by atoms with Crippen molar-refractivity contribution in [3.8, 4) is 0 Å². The highest BCUT2D eigenvalue weighted by molar-refractivity contribution is 5.89. The molecule has 6 fully saturated rings. The van der Waals surface area contributed by atoms with Gasteiger partial charge in [-0.15, -0.1) is 0 Å². The number of ether oxygens (including phenoxy) is 6. The summed E-state index contributed by atoms with van der Waals surface area (Å²) in [6, 6.07) is 0. The van der Waals surface area contributed by atoms with Crippen LogP contribution in [0.15, 0.2) is 72.9 Å². The van der Waals surface area contributed by atoms with Crippen LogP contribution in [0.5, 0.6) is 0 Å². The fourth-order valence-electron chi connectivity index (χ4n) is 11.3. The van der Waals surface area contributed by atoms with Crippen LogP contribution in [0.4, 0.5) is 0 Å². The number of esters is 6. The van der Waals surface area contributed by atoms with Gasteiger partial charge in [0, 0.05) is 38.9 Å². The van der Waals surface area contributed by atoms with Crippen molar-refractivity contribution < 1.29 is 57.2 Å². The molecule has 0 aromatic rings. The summed E-state index contributed by atoms with van der Waals surface area (Å²) in [6.07, 6.45) is 30.4. The van der Waals surface area contributed by atoms with Crippen molar-refractivity contribution in [3.63, 3.8) is 0 Å². The monoisotopic (exact) mass is 1130 g/mol. The summed E-state index contributed by atoms with van der Waals surface area (Å²) in [4.78, 5) is 68.4. The molecule has 0 N–H and O–H groups in total. The van der Waals surface area contributed by atoms with Crippen LogP contribution in [0.25, 0.3) is 0 Å². The van der Waals surface area contributed by atoms with Crippen molar-refractivity contribution in [1.82, 2.24) is 0 Å². The van der Waals surface area contributed by atoms with Crippen molar-refractivity contribution in [2.45, 2.75) is 317 Å². The summed E-state index contributed by atoms with van der Waals surface area (Å²) in [5, 5.41) is 0. The third-order valence-electron chi connectivity index (χ3n) is 17.4. The molecular weight excluding hydrogens is 1020 g/mol. The first kappa shape index (κ1) is 74.3. The third kappa shape index (κ3) is 25.3. The van der Waals surface area contributed by atoms with Crippen LogP contribution >= 0.6 is 0 Å². The molecule has 0 aromatic carbocycles. The number of carbonyl (C=O) groups is 6. The summed E-state index contributed by atoms with van der Waals surface area (Å²) >= 11 is 0. The van der Waals surface area contributed by atoms with Gasteiger partial charge in [0.2, 0.25) is 0 Å². The zero-order valence-electron chi connectivity index (χ0n) is 54.0. The Bertz CT molecular complexity index is 2130. The van der Waals surface area contributed by atoms with E-state index < -0.39 is 0 Å². The van der Waals surface area contributed by atoms with Crippen LogP contribution in [0.2, 0.25) is 0 Å². The molecule has 0 spiro atoms. The van der Waals surface area contributed by atoms with Gasteiger partial charge in [-0.05, 0) is 228 Å². The fraction of sp³-hybridized carbons (Fsp3) is 0.739. The van der Waals surface area contributed by atoms with Crippen LogP contribution in [-0.2, 0) is 57.2 Å². The molecule has 6 aliphatic carbocycles. The van der Waals surface area contributed by atoms with Gasteiger partial charge in [0.05, 0.1) is 0 Å². The van der Waals surface area contributed by atoms with Crippen LogP contribution in [0.1, 0.15) is 284 Å². The molecule has 0 heterocycles. The standard InChI is InChI=1S/C13H22O2.2C12H20O2.2C11H18O2.C10H16O2/c1-10(2)11(14)15-13(12(3,4)5)8-6-7-9-13;1-9(2)11(13)14-12(10(3)4)7-5-6-8-12;1-4-12(8-6-5-7-9-12)14-11(13)10(2)3;1-9(2)10(12)13-11(3)7-5-4-6-8-11;1-4-11(7-5-6-8-11)13-10(12)9(2)3;1-8(2)9(11)12-10(3)6-4-5-7-10/h1,6-9H2,2-5H3;10H,1,5-8H2,2-4H3;2,4-9H2,1,3H3;1,4-8H2,2-3H3;2,4-8H2,1,3H3;1,4-7H2,2-3H3. The molecule has 462 valence electrons. The number of rotatable bonds is 15. The Morgan fingerprint density at radius 3 is 0.877 bits per heavy atom. The highest BCUT2D eigenvalue weighted by Crippen LogP contribution is 2.47. The van der Waals surface area contributed by atoms with Crippen LogP contribution in [0.3, 0.4) is 0 Å². The van der Waals surface area contributed by atoms with Crippen LogP contribution < -0.4 is 0 Å². The second kappa shape index (κ2) is 34.1. The molecular formula is C69H114O12. The Morgan fingerprint density at radius 1 is 0.358 bits per heavy atom. The lowest BCUT2D eigenvalue weighted by molar-refractivity contribution is -0.167. The molecule has 6 saturated carbocycles. The minimum Gasteiger partial charge on any atom is -0.456 e. The lowest BCUT2D eigenvalue weighted by Gasteiger charge is -2.41. The van der Waals surface area contributed by atoms with Crippen LogP contribution in [-0.4, -0.2) is 69.4 Å². The summed E-state index contributed by atoms with van der Waals surface area (Å²) in [5.74, 6) is -1.04. The van der Waals surface area contributed by atoms with E-state index in [1.165, 1.54) is 77.0 Å². The second-order valence-electron chi connectivity index (χ2n) is 26.4. The zero-order valence-corrected chi connectivity index (χ0v) is 54.0. The van der Waals surface area contributed by atoms with E-state index >= 15 is 0 Å². The van der Waals surface area contributed by atoms with Crippen LogP contribution in [0, 0.1) is 11.3 Å². The molecule has 0 aromatic heterocycles. The van der Waals surface area contributed by atoms with Crippen molar-refractivity contribution in [2.24, 2.45) is 11.3 Å². The van der Waals surface area contributed by atoms with E-state index in [4.69, 9.17) is 28.4 Å². The van der Waals surface area contributed by atoms with Gasteiger partial charge < -0.3 is 28.4 Å². The number of hydrogen-bond donors (Lipinski definition) is 0. The van der Waals surface area contributed by atoms with Gasteiger partial charge in [-0.1, -0.05) is 101 Å². The molecule has 0 aliphatic heterocycles. The highest BCUT2D eigenvalue weighted by atomic mass is 16.6. The maximum Gasteiger partial charge on any atom is 0.333 e. The lowest BCUT2D eigenvalue weighted by atomic mass is 9.75. The molecule has 0 unspecified atom stereocenters. The average Bonchev–Trinajstić information content (AvgIpc) is 4.25. The first-order valence-electron chi connectivity index (χ1n) is 30.9. The van der Waals surface area contributed by atoms with Gasteiger partial charge in [0.1, 0.15) is 33.6 Å². The Kier molecular flexibility index (Phi) is 31.3. The predicted molar refractivity (Wildman–Crippen MR) is 328 cm³/mol. The normalized spacial score (nSPS) is 20.1. The highest BCUT2D eigenvalue weighted by Gasteiger charge is 2.48. The maximum absolute atomic E-state index is 11.6. The van der Waals surface area contributed by atoms with Gasteiger partial charge >= 0.3 is 35.8 Å². The molecule has 6 aliphatic rings. The minimum absolute atomic E-state index is 0.00854. The van der Waals surface area contributed by atoms with E-state index in [1.54, 1.807) is 41.5 Å². The summed E-state index contributed by atoms with van der Waals surface area (Å²) in [5.41, 5.74) is 1.70. The Balaban J connectivity index is 0.000000487. The van der Waals surface area contributed by atoms with E-state index in [2.05, 4.69) is 87.9 Å². The van der Waals surface area contributed by atoms with Gasteiger partial charge in [-0.3, -0.25) is 0 Å². The van der Waals surface area contributed by atoms with E-state index in [-0.39, 0.29) is 74.8 Å². The molecule has 12 nitrogen and oxygen atoms in total. The van der Waals surface area contributed by atoms with E-state index in [0.29, 0.717) is 39.4 Å². The van der Waals surface area contributed by atoms with Gasteiger partial charge in [-0.2, -0.15) is 0 Å². The lowest BCUT2D eigenvalue weighted by Crippen LogP contribution is -2.44. The van der Waals surface area contributed by atoms with E-state index in [1.807, 2.05) is 13.8 Å². The fourth-order valence-corrected chi connectivity index (χ4v) is 11.3.